The van der Waals surface area contributed by atoms with Gasteiger partial charge in [0.1, 0.15) is 0 Å². The van der Waals surface area contributed by atoms with E-state index in [-0.39, 0.29) is 0 Å². The van der Waals surface area contributed by atoms with Crippen molar-refractivity contribution < 1.29 is 14.7 Å². The monoisotopic (exact) mass is 129 g/mol. The summed E-state index contributed by atoms with van der Waals surface area (Å²) in [5.41, 5.74) is 0. The van der Waals surface area contributed by atoms with Crippen molar-refractivity contribution >= 4 is 11.9 Å². The Labute approximate surface area is 50.0 Å². The number of hydrogen-bond donors (Lipinski definition) is 1. The standard InChI is InChI=1S/C4H3NO4/c6-3(5-9)1-2-4(7)8/h1-2H,(H,7,8). The van der Waals surface area contributed by atoms with Gasteiger partial charge in [-0.25, -0.2) is 4.79 Å². The highest BCUT2D eigenvalue weighted by Gasteiger charge is 1.92. The van der Waals surface area contributed by atoms with Gasteiger partial charge in [-0.3, -0.25) is 4.79 Å². The number of carboxylic acid groups (broad SMARTS) is 1. The van der Waals surface area contributed by atoms with Crippen molar-refractivity contribution in [1.29, 1.82) is 0 Å². The van der Waals surface area contributed by atoms with Crippen molar-refractivity contribution in [3.05, 3.63) is 17.1 Å². The molecule has 0 fully saturated rings. The lowest BCUT2D eigenvalue weighted by atomic mass is 10.5. The zero-order valence-electron chi connectivity index (χ0n) is 4.27. The minimum absolute atomic E-state index is 0.545. The minimum atomic E-state index is -1.29. The topological polar surface area (TPSA) is 83.8 Å². The Morgan fingerprint density at radius 1 is 1.33 bits per heavy atom. The van der Waals surface area contributed by atoms with Crippen LogP contribution in [0.4, 0.5) is 0 Å². The van der Waals surface area contributed by atoms with Gasteiger partial charge < -0.3 is 5.11 Å². The second kappa shape index (κ2) is 3.48. The van der Waals surface area contributed by atoms with Crippen molar-refractivity contribution in [2.45, 2.75) is 0 Å². The van der Waals surface area contributed by atoms with Crippen molar-refractivity contribution in [3.63, 3.8) is 0 Å². The molecule has 1 N–H and O–H groups in total. The molecule has 0 aromatic carbocycles. The summed E-state index contributed by atoms with van der Waals surface area (Å²) in [7, 11) is 0. The molecule has 0 radical (unpaired) electrons. The number of nitrogens with zero attached hydrogens (tertiary/aromatic N) is 1. The van der Waals surface area contributed by atoms with Crippen molar-refractivity contribution in [1.82, 2.24) is 0 Å². The number of amides is 1. The van der Waals surface area contributed by atoms with Crippen LogP contribution in [0.3, 0.4) is 0 Å². The van der Waals surface area contributed by atoms with E-state index in [0.717, 1.165) is 0 Å². The number of nitroso groups, excluding NO2 is 1. The first-order chi connectivity index (χ1) is 4.16. The van der Waals surface area contributed by atoms with E-state index in [0.29, 0.717) is 12.2 Å². The molecule has 5 nitrogen and oxygen atoms in total. The third kappa shape index (κ3) is 4.33. The van der Waals surface area contributed by atoms with E-state index in [2.05, 4.69) is 0 Å². The lowest BCUT2D eigenvalue weighted by molar-refractivity contribution is -0.131. The SMILES string of the molecule is O=NC(=O)C=CC(=O)O. The first kappa shape index (κ1) is 7.48. The average molecular weight is 129 g/mol. The van der Waals surface area contributed by atoms with Crippen LogP contribution >= 0.6 is 0 Å². The lowest BCUT2D eigenvalue weighted by Crippen LogP contribution is -1.90. The molecule has 0 saturated carbocycles. The van der Waals surface area contributed by atoms with Crippen molar-refractivity contribution in [2.24, 2.45) is 5.18 Å². The molecule has 9 heavy (non-hydrogen) atoms. The highest BCUT2D eigenvalue weighted by molar-refractivity contribution is 5.94. The molecule has 1 amide bonds. The third-order valence-corrected chi connectivity index (χ3v) is 0.458. The number of carboxylic acids is 1. The van der Waals surface area contributed by atoms with E-state index in [1.807, 2.05) is 5.18 Å². The van der Waals surface area contributed by atoms with Gasteiger partial charge in [0.05, 0.1) is 0 Å². The summed E-state index contributed by atoms with van der Waals surface area (Å²) in [6, 6.07) is 0. The van der Waals surface area contributed by atoms with Crippen LogP contribution in [0.15, 0.2) is 17.3 Å². The summed E-state index contributed by atoms with van der Waals surface area (Å²) < 4.78 is 0. The molecule has 0 aromatic rings. The fraction of sp³-hybridized carbons (Fsp3) is 0. The molecule has 0 rings (SSSR count). The zero-order chi connectivity index (χ0) is 7.28. The maximum absolute atomic E-state index is 9.89. The van der Waals surface area contributed by atoms with E-state index in [1.165, 1.54) is 0 Å². The van der Waals surface area contributed by atoms with Crippen molar-refractivity contribution in [3.8, 4) is 0 Å². The Morgan fingerprint density at radius 2 is 1.89 bits per heavy atom. The maximum atomic E-state index is 9.89. The van der Waals surface area contributed by atoms with Gasteiger partial charge in [0.2, 0.25) is 0 Å². The predicted molar refractivity (Wildman–Crippen MR) is 27.6 cm³/mol. The second-order valence-electron chi connectivity index (χ2n) is 1.10. The van der Waals surface area contributed by atoms with Crippen LogP contribution < -0.4 is 0 Å². The minimum Gasteiger partial charge on any atom is -0.478 e. The number of hydrogen-bond acceptors (Lipinski definition) is 3. The lowest BCUT2D eigenvalue weighted by Gasteiger charge is -1.73. The largest absolute Gasteiger partial charge is 0.478 e. The quantitative estimate of drug-likeness (QED) is 0.417. The first-order valence-electron chi connectivity index (χ1n) is 1.95. The fourth-order valence-corrected chi connectivity index (χ4v) is 0.173. The molecule has 0 aromatic heterocycles. The molecule has 48 valence electrons. The van der Waals surface area contributed by atoms with Crippen LogP contribution in [0.5, 0.6) is 0 Å². The molecule has 0 aliphatic heterocycles. The molecule has 0 bridgehead atoms. The molecule has 0 unspecified atom stereocenters. The number of aliphatic carboxylic acids is 1. The van der Waals surface area contributed by atoms with Gasteiger partial charge >= 0.3 is 11.9 Å². The Bertz CT molecular complexity index is 171. The first-order valence-corrected chi connectivity index (χ1v) is 1.95. The van der Waals surface area contributed by atoms with Crippen LogP contribution in [-0.4, -0.2) is 17.0 Å². The summed E-state index contributed by atoms with van der Waals surface area (Å²) in [4.78, 5) is 28.8. The van der Waals surface area contributed by atoms with E-state index in [4.69, 9.17) is 5.11 Å². The van der Waals surface area contributed by atoms with Crippen LogP contribution in [0, 0.1) is 4.91 Å². The van der Waals surface area contributed by atoms with Crippen LogP contribution in [0.1, 0.15) is 0 Å². The third-order valence-electron chi connectivity index (χ3n) is 0.458. The summed E-state index contributed by atoms with van der Waals surface area (Å²) in [5.74, 6) is -2.38. The molecular weight excluding hydrogens is 126 g/mol. The highest BCUT2D eigenvalue weighted by Crippen LogP contribution is 1.76. The smallest absolute Gasteiger partial charge is 0.328 e. The molecule has 0 saturated heterocycles. The van der Waals surface area contributed by atoms with E-state index in [9.17, 15) is 14.5 Å². The van der Waals surface area contributed by atoms with Gasteiger partial charge in [-0.15, -0.1) is 4.91 Å². The van der Waals surface area contributed by atoms with Crippen LogP contribution in [0.25, 0.3) is 0 Å². The van der Waals surface area contributed by atoms with Gasteiger partial charge in [-0.1, -0.05) is 0 Å². The van der Waals surface area contributed by atoms with Gasteiger partial charge in [0.25, 0.3) is 0 Å². The molecule has 0 aliphatic rings. The van der Waals surface area contributed by atoms with Gasteiger partial charge in [-0.2, -0.15) is 0 Å². The van der Waals surface area contributed by atoms with Gasteiger partial charge in [0, 0.05) is 17.3 Å². The van der Waals surface area contributed by atoms with Crippen LogP contribution in [-0.2, 0) is 9.59 Å². The molecule has 5 heteroatoms. The van der Waals surface area contributed by atoms with E-state index in [1.54, 1.807) is 0 Å². The molecule has 0 aliphatic carbocycles. The van der Waals surface area contributed by atoms with Gasteiger partial charge in [0.15, 0.2) is 0 Å². The fourth-order valence-electron chi connectivity index (χ4n) is 0.173. The molecule has 0 spiro atoms. The molecular formula is C4H3NO4. The second-order valence-corrected chi connectivity index (χ2v) is 1.10. The Hall–Kier alpha value is -1.52. The summed E-state index contributed by atoms with van der Waals surface area (Å²) in [6.07, 6.45) is 1.12. The zero-order valence-corrected chi connectivity index (χ0v) is 4.27. The summed E-state index contributed by atoms with van der Waals surface area (Å²) in [6.45, 7) is 0. The van der Waals surface area contributed by atoms with Crippen molar-refractivity contribution in [2.75, 3.05) is 0 Å². The molecule has 0 heterocycles. The van der Waals surface area contributed by atoms with E-state index < -0.39 is 11.9 Å². The number of rotatable bonds is 2. The molecule has 0 atom stereocenters. The maximum Gasteiger partial charge on any atom is 0.328 e. The van der Waals surface area contributed by atoms with Crippen LogP contribution in [0.2, 0.25) is 0 Å². The summed E-state index contributed by atoms with van der Waals surface area (Å²) in [5, 5.41) is 9.80. The van der Waals surface area contributed by atoms with Gasteiger partial charge in [-0.05, 0) is 0 Å². The van der Waals surface area contributed by atoms with E-state index >= 15 is 0 Å². The average Bonchev–Trinajstić information content (AvgIpc) is 1.83. The number of carbonyl (C=O) groups excluding carboxylic acids is 1. The Morgan fingerprint density at radius 3 is 2.22 bits per heavy atom. The normalized spacial score (nSPS) is 9.33. The highest BCUT2D eigenvalue weighted by atomic mass is 16.4. The predicted octanol–water partition coefficient (Wildman–Crippen LogP) is -0.0798. The Kier molecular flexibility index (Phi) is 2.89. The Balaban J connectivity index is 3.85. The number of carbonyl (C=O) groups is 2. The summed E-state index contributed by atoms with van der Waals surface area (Å²) >= 11 is 0.